The number of methoxy groups -OCH3 is 1. The van der Waals surface area contributed by atoms with Gasteiger partial charge in [0.15, 0.2) is 0 Å². The van der Waals surface area contributed by atoms with Gasteiger partial charge >= 0.3 is 11.5 Å². The summed E-state index contributed by atoms with van der Waals surface area (Å²) < 4.78 is 83.5. The molecule has 5 rings (SSSR count). The van der Waals surface area contributed by atoms with Crippen molar-refractivity contribution in [3.8, 4) is 16.9 Å². The van der Waals surface area contributed by atoms with Crippen LogP contribution in [0.4, 0.5) is 23.2 Å². The minimum atomic E-state index is -5.64. The molecule has 1 saturated carbocycles. The van der Waals surface area contributed by atoms with E-state index < -0.39 is 55.8 Å². The van der Waals surface area contributed by atoms with Crippen LogP contribution in [0.2, 0.25) is 0 Å². The molecular formula is C32H28F4N2O7S. The first-order valence-electron chi connectivity index (χ1n) is 14.1. The lowest BCUT2D eigenvalue weighted by molar-refractivity contribution is -0.137. The maximum atomic E-state index is 15.2. The summed E-state index contributed by atoms with van der Waals surface area (Å²) in [6.07, 6.45) is 4.29. The number of hydrogen-bond donors (Lipinski definition) is 3. The first-order chi connectivity index (χ1) is 21.7. The minimum absolute atomic E-state index is 0.0224. The fourth-order valence-corrected chi connectivity index (χ4v) is 6.78. The van der Waals surface area contributed by atoms with Gasteiger partial charge in [-0.25, -0.2) is 12.8 Å². The largest absolute Gasteiger partial charge is 0.501 e. The van der Waals surface area contributed by atoms with Crippen molar-refractivity contribution in [3.63, 3.8) is 0 Å². The highest BCUT2D eigenvalue weighted by Gasteiger charge is 2.49. The Labute approximate surface area is 261 Å². The smallest absolute Gasteiger partial charge is 0.496 e. The average molecular weight is 661 g/mol. The van der Waals surface area contributed by atoms with Gasteiger partial charge in [-0.3, -0.25) is 14.4 Å². The Hall–Kier alpha value is -4.72. The number of anilines is 1. The predicted molar refractivity (Wildman–Crippen MR) is 158 cm³/mol. The number of amides is 2. The number of benzene rings is 3. The van der Waals surface area contributed by atoms with Crippen LogP contribution in [0.3, 0.4) is 0 Å². The topological polar surface area (TPSA) is 139 Å². The Morgan fingerprint density at radius 3 is 2.41 bits per heavy atom. The van der Waals surface area contributed by atoms with Crippen molar-refractivity contribution < 1.29 is 50.2 Å². The number of halogens is 4. The Morgan fingerprint density at radius 1 is 1.00 bits per heavy atom. The fourth-order valence-electron chi connectivity index (χ4n) is 5.97. The summed E-state index contributed by atoms with van der Waals surface area (Å²) in [4.78, 5) is 37.1. The van der Waals surface area contributed by atoms with Crippen LogP contribution >= 0.6 is 0 Å². The van der Waals surface area contributed by atoms with Crippen molar-refractivity contribution >= 4 is 33.3 Å². The van der Waals surface area contributed by atoms with Crippen molar-refractivity contribution in [1.82, 2.24) is 5.32 Å². The van der Waals surface area contributed by atoms with Crippen LogP contribution < -0.4 is 15.4 Å². The van der Waals surface area contributed by atoms with E-state index in [1.165, 1.54) is 19.2 Å². The molecule has 46 heavy (non-hydrogen) atoms. The molecule has 2 amide bonds. The predicted octanol–water partition coefficient (Wildman–Crippen LogP) is 5.37. The molecule has 1 fully saturated rings. The fraction of sp³-hybridized carbons (Fsp3) is 0.281. The minimum Gasteiger partial charge on any atom is -0.496 e. The quantitative estimate of drug-likeness (QED) is 0.196. The van der Waals surface area contributed by atoms with Gasteiger partial charge < -0.3 is 20.5 Å². The number of allylic oxidation sites excluding steroid dienone is 1. The number of carboxylic acids is 1. The number of ether oxygens (including phenoxy) is 1. The molecule has 4 unspecified atom stereocenters. The van der Waals surface area contributed by atoms with E-state index in [0.717, 1.165) is 24.3 Å². The third kappa shape index (κ3) is 6.48. The van der Waals surface area contributed by atoms with Crippen LogP contribution in [0.1, 0.15) is 28.8 Å². The summed E-state index contributed by atoms with van der Waals surface area (Å²) in [6, 6.07) is 12.1. The number of aliphatic carboxylic acids is 1. The second kappa shape index (κ2) is 12.6. The van der Waals surface area contributed by atoms with Crippen molar-refractivity contribution in [2.45, 2.75) is 35.7 Å². The molecule has 2 aliphatic carbocycles. The normalized spacial score (nSPS) is 20.4. The molecule has 9 nitrogen and oxygen atoms in total. The highest BCUT2D eigenvalue weighted by Crippen LogP contribution is 2.45. The van der Waals surface area contributed by atoms with Gasteiger partial charge in [-0.15, -0.1) is 0 Å². The highest BCUT2D eigenvalue weighted by molar-refractivity contribution is 7.92. The molecule has 2 aliphatic rings. The Morgan fingerprint density at radius 2 is 1.72 bits per heavy atom. The van der Waals surface area contributed by atoms with Crippen LogP contribution in [-0.4, -0.2) is 50.0 Å². The first-order valence-corrected chi connectivity index (χ1v) is 15.6. The van der Waals surface area contributed by atoms with E-state index in [2.05, 4.69) is 10.6 Å². The van der Waals surface area contributed by atoms with Crippen LogP contribution in [0.25, 0.3) is 11.1 Å². The van der Waals surface area contributed by atoms with E-state index in [1.807, 2.05) is 12.2 Å². The molecular weight excluding hydrogens is 632 g/mol. The molecule has 0 saturated heterocycles. The number of nitrogens with one attached hydrogen (secondary N) is 2. The molecule has 3 aromatic rings. The van der Waals surface area contributed by atoms with Crippen molar-refractivity contribution in [1.29, 1.82) is 0 Å². The van der Waals surface area contributed by atoms with Gasteiger partial charge in [-0.05, 0) is 60.1 Å². The monoisotopic (exact) mass is 660 g/mol. The van der Waals surface area contributed by atoms with Gasteiger partial charge in [0, 0.05) is 29.8 Å². The average Bonchev–Trinajstić information content (AvgIpc) is 3.61. The number of rotatable bonds is 10. The van der Waals surface area contributed by atoms with Gasteiger partial charge in [0.1, 0.15) is 11.6 Å². The number of fused-ring (bicyclic) bond motifs is 2. The van der Waals surface area contributed by atoms with Crippen LogP contribution in [0.5, 0.6) is 5.75 Å². The van der Waals surface area contributed by atoms with E-state index in [9.17, 15) is 36.0 Å². The number of hydrogen-bond acceptors (Lipinski definition) is 6. The molecule has 0 aliphatic heterocycles. The van der Waals surface area contributed by atoms with Gasteiger partial charge in [-0.2, -0.15) is 13.2 Å². The Balaban J connectivity index is 1.39. The Bertz CT molecular complexity index is 1840. The Kier molecular flexibility index (Phi) is 8.94. The number of carbonyl (C=O) groups is 3. The van der Waals surface area contributed by atoms with Gasteiger partial charge in [0.2, 0.25) is 5.91 Å². The lowest BCUT2D eigenvalue weighted by atomic mass is 9.87. The van der Waals surface area contributed by atoms with Crippen LogP contribution in [0, 0.1) is 23.6 Å². The zero-order chi connectivity index (χ0) is 33.4. The zero-order valence-corrected chi connectivity index (χ0v) is 25.0. The van der Waals surface area contributed by atoms with E-state index in [1.54, 1.807) is 24.3 Å². The summed E-state index contributed by atoms with van der Waals surface area (Å²) in [5, 5.41) is 14.3. The first kappa shape index (κ1) is 32.7. The number of aryl methyl sites for hydroxylation is 1. The lowest BCUT2D eigenvalue weighted by Crippen LogP contribution is -2.47. The van der Waals surface area contributed by atoms with E-state index in [-0.39, 0.29) is 47.2 Å². The van der Waals surface area contributed by atoms with E-state index >= 15 is 4.39 Å². The third-order valence-corrected chi connectivity index (χ3v) is 9.66. The van der Waals surface area contributed by atoms with Gasteiger partial charge in [0.25, 0.3) is 15.7 Å². The summed E-state index contributed by atoms with van der Waals surface area (Å²) >= 11 is 0. The third-order valence-electron chi connectivity index (χ3n) is 8.18. The summed E-state index contributed by atoms with van der Waals surface area (Å²) in [7, 11) is -4.38. The second-order valence-electron chi connectivity index (χ2n) is 11.1. The van der Waals surface area contributed by atoms with Crippen molar-refractivity contribution in [2.24, 2.45) is 17.8 Å². The number of alkyl halides is 3. The lowest BCUT2D eigenvalue weighted by Gasteiger charge is -2.28. The molecule has 0 spiro atoms. The molecule has 242 valence electrons. The molecule has 0 heterocycles. The summed E-state index contributed by atoms with van der Waals surface area (Å²) in [6.45, 7) is 0. The SMILES string of the molecule is COc1cc(F)c(-c2cccc(CCC(=O)O)c2)cc1C(=O)NC1C2C=CC(C2)C1C(=O)Nc1cccc(S(=O)(=O)C(F)(F)F)c1. The molecule has 3 N–H and O–H groups in total. The van der Waals surface area contributed by atoms with E-state index in [4.69, 9.17) is 9.84 Å². The van der Waals surface area contributed by atoms with Gasteiger partial charge in [0.05, 0.1) is 23.5 Å². The maximum absolute atomic E-state index is 15.2. The number of carboxylic acid groups (broad SMARTS) is 1. The molecule has 0 aromatic heterocycles. The van der Waals surface area contributed by atoms with Crippen LogP contribution in [0.15, 0.2) is 77.7 Å². The zero-order valence-electron chi connectivity index (χ0n) is 24.2. The molecule has 0 radical (unpaired) electrons. The van der Waals surface area contributed by atoms with E-state index in [0.29, 0.717) is 17.5 Å². The van der Waals surface area contributed by atoms with Crippen molar-refractivity contribution in [2.75, 3.05) is 12.4 Å². The molecule has 2 bridgehead atoms. The standard InChI is InChI=1S/C32H28F4N2O7S/c1-45-26-16-25(33)23(18-5-2-4-17(12-18)8-11-27(39)40)15-24(26)30(41)38-29-20-10-9-19(13-20)28(29)31(42)37-21-6-3-7-22(14-21)46(43,44)32(34,35)36/h2-7,9-10,12,14-16,19-20,28-29H,8,11,13H2,1H3,(H,37,42)(H,38,41)(H,39,40). The second-order valence-corrected chi connectivity index (χ2v) is 13.0. The maximum Gasteiger partial charge on any atom is 0.501 e. The highest BCUT2D eigenvalue weighted by atomic mass is 32.2. The van der Waals surface area contributed by atoms with Crippen molar-refractivity contribution in [3.05, 3.63) is 89.8 Å². The molecule has 14 heteroatoms. The molecule has 3 aromatic carbocycles. The summed E-state index contributed by atoms with van der Waals surface area (Å²) in [5.74, 6) is -4.43. The summed E-state index contributed by atoms with van der Waals surface area (Å²) in [5.41, 5.74) is -4.57. The molecule has 4 atom stereocenters. The van der Waals surface area contributed by atoms with Crippen LogP contribution in [-0.2, 0) is 25.8 Å². The number of sulfone groups is 1. The van der Waals surface area contributed by atoms with Gasteiger partial charge in [-0.1, -0.05) is 42.5 Å². The number of carbonyl (C=O) groups excluding carboxylic acids is 2.